The summed E-state index contributed by atoms with van der Waals surface area (Å²) in [5, 5.41) is 15.3. The van der Waals surface area contributed by atoms with Crippen LogP contribution in [0.3, 0.4) is 0 Å². The van der Waals surface area contributed by atoms with Crippen LogP contribution in [0.2, 0.25) is 0 Å². The van der Waals surface area contributed by atoms with Gasteiger partial charge in [-0.2, -0.15) is 0 Å². The van der Waals surface area contributed by atoms with Gasteiger partial charge in [0.2, 0.25) is 5.91 Å². The molecule has 0 aromatic rings. The lowest BCUT2D eigenvalue weighted by atomic mass is 9.94. The van der Waals surface area contributed by atoms with Gasteiger partial charge in [-0.05, 0) is 50.6 Å². The quantitative estimate of drug-likeness (QED) is 0.695. The van der Waals surface area contributed by atoms with Gasteiger partial charge in [0.25, 0.3) is 0 Å². The van der Waals surface area contributed by atoms with E-state index >= 15 is 0 Å². The van der Waals surface area contributed by atoms with E-state index in [-0.39, 0.29) is 17.7 Å². The van der Waals surface area contributed by atoms with Gasteiger partial charge < -0.3 is 15.7 Å². The van der Waals surface area contributed by atoms with Gasteiger partial charge in [-0.25, -0.2) is 0 Å². The molecule has 3 atom stereocenters. The molecule has 1 heterocycles. The van der Waals surface area contributed by atoms with E-state index < -0.39 is 5.97 Å². The minimum absolute atomic E-state index is 0.0738. The van der Waals surface area contributed by atoms with E-state index in [0.717, 1.165) is 45.2 Å². The summed E-state index contributed by atoms with van der Waals surface area (Å²) in [4.78, 5) is 22.9. The molecule has 0 spiro atoms. The molecule has 3 unspecified atom stereocenters. The van der Waals surface area contributed by atoms with Gasteiger partial charge in [0.15, 0.2) is 0 Å². The van der Waals surface area contributed by atoms with Crippen molar-refractivity contribution in [3.8, 4) is 0 Å². The van der Waals surface area contributed by atoms with Crippen LogP contribution in [-0.2, 0) is 9.59 Å². The molecule has 1 saturated heterocycles. The molecule has 2 aliphatic rings. The molecule has 19 heavy (non-hydrogen) atoms. The number of carboxylic acids is 1. The number of carbonyl (C=O) groups excluding carboxylic acids is 1. The van der Waals surface area contributed by atoms with E-state index in [9.17, 15) is 9.59 Å². The second-order valence-corrected chi connectivity index (χ2v) is 5.86. The van der Waals surface area contributed by atoms with Crippen molar-refractivity contribution < 1.29 is 14.7 Å². The number of aliphatic carboxylic acids is 1. The summed E-state index contributed by atoms with van der Waals surface area (Å²) < 4.78 is 0. The zero-order chi connectivity index (χ0) is 13.7. The first-order valence-electron chi connectivity index (χ1n) is 7.37. The second-order valence-electron chi connectivity index (χ2n) is 5.86. The summed E-state index contributed by atoms with van der Waals surface area (Å²) >= 11 is 0. The molecule has 0 radical (unpaired) electrons. The summed E-state index contributed by atoms with van der Waals surface area (Å²) in [7, 11) is 0. The average molecular weight is 268 g/mol. The van der Waals surface area contributed by atoms with Gasteiger partial charge in [-0.15, -0.1) is 0 Å². The Bertz CT molecular complexity index is 327. The van der Waals surface area contributed by atoms with Crippen molar-refractivity contribution >= 4 is 11.9 Å². The molecule has 1 aliphatic heterocycles. The van der Waals surface area contributed by atoms with E-state index in [1.54, 1.807) is 0 Å². The molecule has 0 aromatic heterocycles. The monoisotopic (exact) mass is 268 g/mol. The molecule has 1 aliphatic carbocycles. The topological polar surface area (TPSA) is 78.4 Å². The van der Waals surface area contributed by atoms with Crippen molar-refractivity contribution in [3.05, 3.63) is 0 Å². The molecule has 0 aromatic carbocycles. The molecular weight excluding hydrogens is 244 g/mol. The van der Waals surface area contributed by atoms with E-state index in [4.69, 9.17) is 5.11 Å². The van der Waals surface area contributed by atoms with Crippen LogP contribution >= 0.6 is 0 Å². The molecule has 2 rings (SSSR count). The Morgan fingerprint density at radius 3 is 2.74 bits per heavy atom. The standard InChI is InChI=1S/C14H24N2O3/c17-13(7-10-3-2-6-15-8-10)16-9-11-4-1-5-12(11)14(18)19/h10-12,15H,1-9H2,(H,16,17)(H,18,19). The van der Waals surface area contributed by atoms with Crippen molar-refractivity contribution in [2.75, 3.05) is 19.6 Å². The van der Waals surface area contributed by atoms with Crippen molar-refractivity contribution in [3.63, 3.8) is 0 Å². The molecule has 108 valence electrons. The molecule has 1 saturated carbocycles. The Balaban J connectivity index is 1.69. The van der Waals surface area contributed by atoms with Gasteiger partial charge in [0.1, 0.15) is 0 Å². The van der Waals surface area contributed by atoms with Crippen molar-refractivity contribution in [1.29, 1.82) is 0 Å². The number of amides is 1. The Labute approximate surface area is 114 Å². The van der Waals surface area contributed by atoms with E-state index in [0.29, 0.717) is 18.9 Å². The zero-order valence-corrected chi connectivity index (χ0v) is 11.4. The Kier molecular flexibility index (Phi) is 5.19. The van der Waals surface area contributed by atoms with Gasteiger partial charge >= 0.3 is 5.97 Å². The number of carboxylic acid groups (broad SMARTS) is 1. The van der Waals surface area contributed by atoms with Gasteiger partial charge in [-0.3, -0.25) is 9.59 Å². The van der Waals surface area contributed by atoms with Gasteiger partial charge in [0.05, 0.1) is 5.92 Å². The van der Waals surface area contributed by atoms with E-state index in [1.807, 2.05) is 0 Å². The fourth-order valence-electron chi connectivity index (χ4n) is 3.28. The average Bonchev–Trinajstić information content (AvgIpc) is 2.86. The first-order chi connectivity index (χ1) is 9.16. The van der Waals surface area contributed by atoms with Crippen LogP contribution in [0.25, 0.3) is 0 Å². The highest BCUT2D eigenvalue weighted by Crippen LogP contribution is 2.31. The van der Waals surface area contributed by atoms with Gasteiger partial charge in [-0.1, -0.05) is 6.42 Å². The van der Waals surface area contributed by atoms with Crippen LogP contribution in [0.15, 0.2) is 0 Å². The fourth-order valence-corrected chi connectivity index (χ4v) is 3.28. The molecule has 3 N–H and O–H groups in total. The van der Waals surface area contributed by atoms with Crippen LogP contribution in [0, 0.1) is 17.8 Å². The Morgan fingerprint density at radius 1 is 1.21 bits per heavy atom. The fraction of sp³-hybridized carbons (Fsp3) is 0.857. The van der Waals surface area contributed by atoms with Crippen LogP contribution in [0.5, 0.6) is 0 Å². The van der Waals surface area contributed by atoms with Crippen molar-refractivity contribution in [1.82, 2.24) is 10.6 Å². The number of nitrogens with one attached hydrogen (secondary N) is 2. The first-order valence-corrected chi connectivity index (χ1v) is 7.37. The summed E-state index contributed by atoms with van der Waals surface area (Å²) in [6.45, 7) is 2.50. The summed E-state index contributed by atoms with van der Waals surface area (Å²) in [6, 6.07) is 0. The lowest BCUT2D eigenvalue weighted by Gasteiger charge is -2.23. The molecule has 2 fully saturated rings. The predicted octanol–water partition coefficient (Wildman–Crippen LogP) is 0.993. The maximum atomic E-state index is 11.9. The summed E-state index contributed by atoms with van der Waals surface area (Å²) in [5.41, 5.74) is 0. The van der Waals surface area contributed by atoms with Crippen LogP contribution < -0.4 is 10.6 Å². The zero-order valence-electron chi connectivity index (χ0n) is 11.4. The normalized spacial score (nSPS) is 31.1. The summed E-state index contributed by atoms with van der Waals surface area (Å²) in [5.74, 6) is -0.354. The SMILES string of the molecule is O=C(CC1CCCNC1)NCC1CCCC1C(=O)O. The van der Waals surface area contributed by atoms with E-state index in [2.05, 4.69) is 10.6 Å². The van der Waals surface area contributed by atoms with Crippen molar-refractivity contribution in [2.45, 2.75) is 38.5 Å². The third-order valence-corrected chi connectivity index (χ3v) is 4.41. The van der Waals surface area contributed by atoms with Gasteiger partial charge in [0, 0.05) is 13.0 Å². The highest BCUT2D eigenvalue weighted by atomic mass is 16.4. The third kappa shape index (κ3) is 4.20. The predicted molar refractivity (Wildman–Crippen MR) is 71.7 cm³/mol. The summed E-state index contributed by atoms with van der Waals surface area (Å²) in [6.07, 6.45) is 5.45. The maximum Gasteiger partial charge on any atom is 0.306 e. The number of hydrogen-bond donors (Lipinski definition) is 3. The number of rotatable bonds is 5. The number of carbonyl (C=O) groups is 2. The third-order valence-electron chi connectivity index (χ3n) is 4.41. The van der Waals surface area contributed by atoms with E-state index in [1.165, 1.54) is 0 Å². The maximum absolute atomic E-state index is 11.9. The largest absolute Gasteiger partial charge is 0.481 e. The Morgan fingerprint density at radius 2 is 2.05 bits per heavy atom. The minimum atomic E-state index is -0.715. The molecule has 0 bridgehead atoms. The molecule has 5 heteroatoms. The van der Waals surface area contributed by atoms with Crippen LogP contribution in [-0.4, -0.2) is 36.6 Å². The van der Waals surface area contributed by atoms with Crippen molar-refractivity contribution in [2.24, 2.45) is 17.8 Å². The minimum Gasteiger partial charge on any atom is -0.481 e. The first kappa shape index (κ1) is 14.3. The molecular formula is C14H24N2O3. The molecule has 5 nitrogen and oxygen atoms in total. The smallest absolute Gasteiger partial charge is 0.306 e. The van der Waals surface area contributed by atoms with Crippen LogP contribution in [0.1, 0.15) is 38.5 Å². The second kappa shape index (κ2) is 6.89. The molecule has 1 amide bonds. The lowest BCUT2D eigenvalue weighted by Crippen LogP contribution is -2.37. The highest BCUT2D eigenvalue weighted by molar-refractivity contribution is 5.76. The highest BCUT2D eigenvalue weighted by Gasteiger charge is 2.32. The number of hydrogen-bond acceptors (Lipinski definition) is 3. The lowest BCUT2D eigenvalue weighted by molar-refractivity contribution is -0.143. The number of piperidine rings is 1. The van der Waals surface area contributed by atoms with Crippen LogP contribution in [0.4, 0.5) is 0 Å². The Hall–Kier alpha value is -1.10.